The summed E-state index contributed by atoms with van der Waals surface area (Å²) < 4.78 is 26.0. The van der Waals surface area contributed by atoms with Crippen LogP contribution in [-0.2, 0) is 17.9 Å². The standard InChI is InChI=1S/C20H17ClFN5O5/c1-31-19-7-13(5-6-18(19)32-12-15-16(21)3-2-4-17(15)22)8-23-25-20(28)11-26-10-14(9-24-26)27(29)30/h2-10H,11-12H2,1H3,(H,25,28). The largest absolute Gasteiger partial charge is 0.493 e. The van der Waals surface area contributed by atoms with Gasteiger partial charge in [-0.1, -0.05) is 17.7 Å². The summed E-state index contributed by atoms with van der Waals surface area (Å²) in [5, 5.41) is 18.5. The number of hydrazone groups is 1. The summed E-state index contributed by atoms with van der Waals surface area (Å²) >= 11 is 6.01. The van der Waals surface area contributed by atoms with Crippen molar-refractivity contribution in [2.24, 2.45) is 5.10 Å². The average molecular weight is 462 g/mol. The zero-order valence-electron chi connectivity index (χ0n) is 16.7. The number of aromatic nitrogens is 2. The van der Waals surface area contributed by atoms with E-state index in [1.165, 1.54) is 25.5 Å². The summed E-state index contributed by atoms with van der Waals surface area (Å²) in [6, 6.07) is 9.26. The highest BCUT2D eigenvalue weighted by atomic mass is 35.5. The van der Waals surface area contributed by atoms with Crippen LogP contribution in [0.25, 0.3) is 0 Å². The molecule has 1 heterocycles. The predicted octanol–water partition coefficient (Wildman–Crippen LogP) is 3.32. The van der Waals surface area contributed by atoms with Crippen LogP contribution in [0.1, 0.15) is 11.1 Å². The number of carbonyl (C=O) groups is 1. The van der Waals surface area contributed by atoms with Gasteiger partial charge in [0.1, 0.15) is 31.4 Å². The number of rotatable bonds is 9. The molecule has 0 aliphatic carbocycles. The first kappa shape index (κ1) is 22.7. The lowest BCUT2D eigenvalue weighted by atomic mass is 10.2. The van der Waals surface area contributed by atoms with E-state index in [1.54, 1.807) is 24.3 Å². The van der Waals surface area contributed by atoms with Crippen LogP contribution in [-0.4, -0.2) is 33.9 Å². The number of amides is 1. The van der Waals surface area contributed by atoms with Crippen molar-refractivity contribution in [1.29, 1.82) is 0 Å². The van der Waals surface area contributed by atoms with Gasteiger partial charge in [0.25, 0.3) is 5.91 Å². The molecule has 0 spiro atoms. The van der Waals surface area contributed by atoms with Crippen LogP contribution < -0.4 is 14.9 Å². The van der Waals surface area contributed by atoms with Gasteiger partial charge in [0.2, 0.25) is 0 Å². The van der Waals surface area contributed by atoms with Crippen LogP contribution >= 0.6 is 11.6 Å². The number of hydrogen-bond donors (Lipinski definition) is 1. The van der Waals surface area contributed by atoms with Gasteiger partial charge in [-0.15, -0.1) is 0 Å². The molecule has 3 aromatic rings. The van der Waals surface area contributed by atoms with E-state index in [0.717, 1.165) is 17.1 Å². The van der Waals surface area contributed by atoms with Gasteiger partial charge in [-0.25, -0.2) is 9.82 Å². The van der Waals surface area contributed by atoms with Crippen molar-refractivity contribution < 1.29 is 23.6 Å². The molecule has 0 saturated heterocycles. The number of benzene rings is 2. The van der Waals surface area contributed by atoms with Crippen molar-refractivity contribution in [1.82, 2.24) is 15.2 Å². The summed E-state index contributed by atoms with van der Waals surface area (Å²) in [5.41, 5.74) is 2.91. The topological polar surface area (TPSA) is 121 Å². The fraction of sp³-hybridized carbons (Fsp3) is 0.150. The molecule has 0 aliphatic heterocycles. The Hall–Kier alpha value is -3.99. The first-order valence-corrected chi connectivity index (χ1v) is 9.47. The monoisotopic (exact) mass is 461 g/mol. The molecule has 0 aliphatic rings. The van der Waals surface area contributed by atoms with Gasteiger partial charge in [-0.3, -0.25) is 19.6 Å². The zero-order valence-corrected chi connectivity index (χ0v) is 17.5. The zero-order chi connectivity index (χ0) is 23.1. The number of nitrogens with zero attached hydrogens (tertiary/aromatic N) is 4. The van der Waals surface area contributed by atoms with E-state index >= 15 is 0 Å². The van der Waals surface area contributed by atoms with Gasteiger partial charge in [0, 0.05) is 5.56 Å². The van der Waals surface area contributed by atoms with Crippen molar-refractivity contribution in [3.05, 3.63) is 80.9 Å². The lowest BCUT2D eigenvalue weighted by Crippen LogP contribution is -2.23. The minimum atomic E-state index is -0.606. The maximum atomic E-state index is 13.9. The molecule has 32 heavy (non-hydrogen) atoms. The fourth-order valence-corrected chi connectivity index (χ4v) is 2.82. The Labute approximate surface area is 186 Å². The van der Waals surface area contributed by atoms with E-state index in [1.807, 2.05) is 0 Å². The molecule has 166 valence electrons. The Morgan fingerprint density at radius 2 is 2.19 bits per heavy atom. The molecule has 0 saturated carbocycles. The Bertz CT molecular complexity index is 1150. The summed E-state index contributed by atoms with van der Waals surface area (Å²) in [6.07, 6.45) is 3.57. The summed E-state index contributed by atoms with van der Waals surface area (Å²) in [6.45, 7) is -0.323. The van der Waals surface area contributed by atoms with Crippen molar-refractivity contribution in [2.75, 3.05) is 7.11 Å². The van der Waals surface area contributed by atoms with Crippen molar-refractivity contribution in [3.63, 3.8) is 0 Å². The lowest BCUT2D eigenvalue weighted by molar-refractivity contribution is -0.385. The number of hydrogen-bond acceptors (Lipinski definition) is 7. The number of nitrogens with one attached hydrogen (secondary N) is 1. The smallest absolute Gasteiger partial charge is 0.307 e. The van der Waals surface area contributed by atoms with Crippen LogP contribution in [0.3, 0.4) is 0 Å². The molecule has 2 aromatic carbocycles. The van der Waals surface area contributed by atoms with E-state index < -0.39 is 16.6 Å². The molecule has 1 aromatic heterocycles. The number of ether oxygens (including phenoxy) is 2. The van der Waals surface area contributed by atoms with Crippen molar-refractivity contribution in [3.8, 4) is 11.5 Å². The Morgan fingerprint density at radius 1 is 1.38 bits per heavy atom. The van der Waals surface area contributed by atoms with Gasteiger partial charge < -0.3 is 9.47 Å². The normalized spacial score (nSPS) is 10.8. The molecular weight excluding hydrogens is 445 g/mol. The van der Waals surface area contributed by atoms with Gasteiger partial charge >= 0.3 is 5.69 Å². The minimum Gasteiger partial charge on any atom is -0.493 e. The Balaban J connectivity index is 1.59. The van der Waals surface area contributed by atoms with Gasteiger partial charge in [-0.05, 0) is 35.9 Å². The maximum Gasteiger partial charge on any atom is 0.307 e. The average Bonchev–Trinajstić information content (AvgIpc) is 3.22. The second-order valence-electron chi connectivity index (χ2n) is 6.35. The summed E-state index contributed by atoms with van der Waals surface area (Å²) in [4.78, 5) is 21.9. The third-order valence-electron chi connectivity index (χ3n) is 4.16. The first-order chi connectivity index (χ1) is 15.4. The highest BCUT2D eigenvalue weighted by molar-refractivity contribution is 6.31. The van der Waals surface area contributed by atoms with Crippen molar-refractivity contribution >= 4 is 29.4 Å². The second-order valence-corrected chi connectivity index (χ2v) is 6.75. The molecule has 0 radical (unpaired) electrons. The lowest BCUT2D eigenvalue weighted by Gasteiger charge is -2.12. The molecule has 0 unspecified atom stereocenters. The number of nitro groups is 1. The number of methoxy groups -OCH3 is 1. The molecule has 12 heteroatoms. The number of carbonyl (C=O) groups excluding carboxylic acids is 1. The predicted molar refractivity (Wildman–Crippen MR) is 113 cm³/mol. The van der Waals surface area contributed by atoms with Crippen LogP contribution in [0.5, 0.6) is 11.5 Å². The van der Waals surface area contributed by atoms with E-state index in [-0.39, 0.29) is 29.4 Å². The highest BCUT2D eigenvalue weighted by Gasteiger charge is 2.12. The van der Waals surface area contributed by atoms with E-state index in [0.29, 0.717) is 17.1 Å². The second kappa shape index (κ2) is 10.4. The van der Waals surface area contributed by atoms with Crippen LogP contribution in [0.4, 0.5) is 10.1 Å². The Kier molecular flexibility index (Phi) is 7.34. The van der Waals surface area contributed by atoms with Crippen LogP contribution in [0.2, 0.25) is 5.02 Å². The maximum absolute atomic E-state index is 13.9. The molecule has 0 atom stereocenters. The summed E-state index contributed by atoms with van der Waals surface area (Å²) in [7, 11) is 1.45. The first-order valence-electron chi connectivity index (χ1n) is 9.10. The highest BCUT2D eigenvalue weighted by Crippen LogP contribution is 2.29. The molecule has 3 rings (SSSR count). The summed E-state index contributed by atoms with van der Waals surface area (Å²) in [5.74, 6) is -0.251. The van der Waals surface area contributed by atoms with Crippen LogP contribution in [0.15, 0.2) is 53.9 Å². The minimum absolute atomic E-state index is 0.0864. The quantitative estimate of drug-likeness (QED) is 0.296. The molecule has 1 N–H and O–H groups in total. The van der Waals surface area contributed by atoms with Gasteiger partial charge in [0.15, 0.2) is 11.5 Å². The van der Waals surface area contributed by atoms with Crippen LogP contribution in [0, 0.1) is 15.9 Å². The molecule has 0 bridgehead atoms. The van der Waals surface area contributed by atoms with Gasteiger partial charge in [-0.2, -0.15) is 10.2 Å². The van der Waals surface area contributed by atoms with E-state index in [4.69, 9.17) is 21.1 Å². The molecule has 10 nitrogen and oxygen atoms in total. The third kappa shape index (κ3) is 5.79. The Morgan fingerprint density at radius 3 is 2.88 bits per heavy atom. The van der Waals surface area contributed by atoms with E-state index in [2.05, 4.69) is 15.6 Å². The number of halogens is 2. The molecular formula is C20H17ClFN5O5. The molecule has 1 amide bonds. The third-order valence-corrected chi connectivity index (χ3v) is 4.51. The molecule has 0 fully saturated rings. The van der Waals surface area contributed by atoms with Gasteiger partial charge in [0.05, 0.1) is 23.3 Å². The fourth-order valence-electron chi connectivity index (χ4n) is 2.60. The van der Waals surface area contributed by atoms with E-state index in [9.17, 15) is 19.3 Å². The van der Waals surface area contributed by atoms with Crippen molar-refractivity contribution in [2.45, 2.75) is 13.2 Å². The SMILES string of the molecule is COc1cc(C=NNC(=O)Cn2cc([N+](=O)[O-])cn2)ccc1OCc1c(F)cccc1Cl.